The van der Waals surface area contributed by atoms with Gasteiger partial charge in [-0.25, -0.2) is 13.8 Å². The number of hydrogen-bond donors (Lipinski definition) is 1. The van der Waals surface area contributed by atoms with E-state index in [1.54, 1.807) is 5.38 Å². The minimum Gasteiger partial charge on any atom is -0.341 e. The highest BCUT2D eigenvalue weighted by Gasteiger charge is 2.22. The standard InChI is InChI=1S/C20H24F2N4O2S/c1-13(2)19(28)26-7-3-6-25(8-9-26)11-18(27)24-20-23-17(12-29-20)14-4-5-15(21)16(22)10-14/h4-5,10,12-13H,3,6-9,11H2,1-2H3,(H,23,24,27). The molecule has 0 atom stereocenters. The molecule has 3 rings (SSSR count). The number of benzene rings is 1. The maximum atomic E-state index is 13.4. The van der Waals surface area contributed by atoms with Crippen LogP contribution in [0.1, 0.15) is 20.3 Å². The number of thiazole rings is 1. The number of rotatable bonds is 5. The fourth-order valence-corrected chi connectivity index (χ4v) is 3.93. The molecule has 1 aliphatic rings. The molecule has 0 unspecified atom stereocenters. The van der Waals surface area contributed by atoms with Crippen molar-refractivity contribution in [2.45, 2.75) is 20.3 Å². The maximum Gasteiger partial charge on any atom is 0.240 e. The zero-order valence-electron chi connectivity index (χ0n) is 16.5. The molecule has 9 heteroatoms. The van der Waals surface area contributed by atoms with Gasteiger partial charge in [0.25, 0.3) is 0 Å². The Bertz CT molecular complexity index is 887. The number of nitrogens with zero attached hydrogens (tertiary/aromatic N) is 3. The Balaban J connectivity index is 1.54. The van der Waals surface area contributed by atoms with E-state index in [2.05, 4.69) is 10.3 Å². The Labute approximate surface area is 172 Å². The van der Waals surface area contributed by atoms with E-state index in [9.17, 15) is 18.4 Å². The molecular weight excluding hydrogens is 398 g/mol. The molecular formula is C20H24F2N4O2S. The van der Waals surface area contributed by atoms with Crippen LogP contribution in [0, 0.1) is 17.6 Å². The van der Waals surface area contributed by atoms with Crippen molar-refractivity contribution in [1.82, 2.24) is 14.8 Å². The minimum atomic E-state index is -0.938. The van der Waals surface area contributed by atoms with Crippen molar-refractivity contribution < 1.29 is 18.4 Å². The van der Waals surface area contributed by atoms with Gasteiger partial charge in [-0.05, 0) is 24.6 Å². The first-order chi connectivity index (χ1) is 13.8. The van der Waals surface area contributed by atoms with Gasteiger partial charge >= 0.3 is 0 Å². The van der Waals surface area contributed by atoms with E-state index in [4.69, 9.17) is 0 Å². The zero-order valence-corrected chi connectivity index (χ0v) is 17.3. The Hall–Kier alpha value is -2.39. The van der Waals surface area contributed by atoms with Gasteiger partial charge in [0, 0.05) is 43.0 Å². The lowest BCUT2D eigenvalue weighted by Crippen LogP contribution is -2.39. The van der Waals surface area contributed by atoms with Crippen molar-refractivity contribution in [3.63, 3.8) is 0 Å². The first-order valence-corrected chi connectivity index (χ1v) is 10.4. The van der Waals surface area contributed by atoms with Gasteiger partial charge in [-0.3, -0.25) is 14.5 Å². The quantitative estimate of drug-likeness (QED) is 0.804. The van der Waals surface area contributed by atoms with E-state index >= 15 is 0 Å². The van der Waals surface area contributed by atoms with Crippen LogP contribution in [0.3, 0.4) is 0 Å². The highest BCUT2D eigenvalue weighted by atomic mass is 32.1. The van der Waals surface area contributed by atoms with E-state index in [-0.39, 0.29) is 24.3 Å². The Kier molecular flexibility index (Phi) is 6.92. The summed E-state index contributed by atoms with van der Waals surface area (Å²) in [4.78, 5) is 32.7. The largest absolute Gasteiger partial charge is 0.341 e. The number of carbonyl (C=O) groups excluding carboxylic acids is 2. The summed E-state index contributed by atoms with van der Waals surface area (Å²) < 4.78 is 26.5. The van der Waals surface area contributed by atoms with Crippen LogP contribution in [0.2, 0.25) is 0 Å². The van der Waals surface area contributed by atoms with E-state index in [1.165, 1.54) is 17.4 Å². The number of anilines is 1. The van der Waals surface area contributed by atoms with Crippen molar-refractivity contribution in [2.24, 2.45) is 5.92 Å². The lowest BCUT2D eigenvalue weighted by atomic mass is 10.2. The molecule has 0 aliphatic carbocycles. The first-order valence-electron chi connectivity index (χ1n) is 9.55. The van der Waals surface area contributed by atoms with Crippen LogP contribution in [0.15, 0.2) is 23.6 Å². The predicted octanol–water partition coefficient (Wildman–Crippen LogP) is 3.22. The predicted molar refractivity (Wildman–Crippen MR) is 109 cm³/mol. The molecule has 6 nitrogen and oxygen atoms in total. The molecule has 1 aromatic heterocycles. The molecule has 1 aromatic carbocycles. The summed E-state index contributed by atoms with van der Waals surface area (Å²) in [5, 5.41) is 4.84. The van der Waals surface area contributed by atoms with Crippen molar-refractivity contribution >= 4 is 28.3 Å². The Morgan fingerprint density at radius 2 is 1.97 bits per heavy atom. The van der Waals surface area contributed by atoms with Gasteiger partial charge in [-0.15, -0.1) is 11.3 Å². The van der Waals surface area contributed by atoms with Crippen LogP contribution in [0.5, 0.6) is 0 Å². The van der Waals surface area contributed by atoms with Crippen LogP contribution in [-0.2, 0) is 9.59 Å². The molecule has 1 saturated heterocycles. The summed E-state index contributed by atoms with van der Waals surface area (Å²) in [7, 11) is 0. The summed E-state index contributed by atoms with van der Waals surface area (Å²) in [6, 6.07) is 3.58. The number of aromatic nitrogens is 1. The van der Waals surface area contributed by atoms with Gasteiger partial charge in [0.15, 0.2) is 16.8 Å². The van der Waals surface area contributed by atoms with Crippen LogP contribution < -0.4 is 5.32 Å². The second kappa shape index (κ2) is 9.41. The summed E-state index contributed by atoms with van der Waals surface area (Å²) >= 11 is 1.23. The fraction of sp³-hybridized carbons (Fsp3) is 0.450. The molecule has 2 amide bonds. The SMILES string of the molecule is CC(C)C(=O)N1CCCN(CC(=O)Nc2nc(-c3ccc(F)c(F)c3)cs2)CC1. The monoisotopic (exact) mass is 422 g/mol. The topological polar surface area (TPSA) is 65.5 Å². The molecule has 0 radical (unpaired) electrons. The lowest BCUT2D eigenvalue weighted by molar-refractivity contribution is -0.134. The van der Waals surface area contributed by atoms with E-state index in [0.29, 0.717) is 36.0 Å². The highest BCUT2D eigenvalue weighted by Crippen LogP contribution is 2.26. The second-order valence-corrected chi connectivity index (χ2v) is 8.18. The molecule has 1 fully saturated rings. The zero-order chi connectivity index (χ0) is 21.0. The van der Waals surface area contributed by atoms with Crippen LogP contribution >= 0.6 is 11.3 Å². The summed E-state index contributed by atoms with van der Waals surface area (Å²) in [5.74, 6) is -1.93. The summed E-state index contributed by atoms with van der Waals surface area (Å²) in [6.45, 7) is 6.70. The Morgan fingerprint density at radius 3 is 2.69 bits per heavy atom. The van der Waals surface area contributed by atoms with Gasteiger partial charge in [-0.1, -0.05) is 13.8 Å². The van der Waals surface area contributed by atoms with E-state index in [1.807, 2.05) is 23.6 Å². The second-order valence-electron chi connectivity index (χ2n) is 7.32. The van der Waals surface area contributed by atoms with E-state index < -0.39 is 11.6 Å². The van der Waals surface area contributed by atoms with Crippen molar-refractivity contribution in [1.29, 1.82) is 0 Å². The third-order valence-electron chi connectivity index (χ3n) is 4.73. The third-order valence-corrected chi connectivity index (χ3v) is 5.48. The molecule has 2 aromatic rings. The summed E-state index contributed by atoms with van der Waals surface area (Å²) in [6.07, 6.45) is 0.823. The van der Waals surface area contributed by atoms with Crippen molar-refractivity contribution in [3.8, 4) is 11.3 Å². The molecule has 0 saturated carbocycles. The highest BCUT2D eigenvalue weighted by molar-refractivity contribution is 7.14. The minimum absolute atomic E-state index is 0.0291. The molecule has 29 heavy (non-hydrogen) atoms. The van der Waals surface area contributed by atoms with Crippen LogP contribution in [0.25, 0.3) is 11.3 Å². The lowest BCUT2D eigenvalue weighted by Gasteiger charge is -2.23. The Morgan fingerprint density at radius 1 is 1.17 bits per heavy atom. The van der Waals surface area contributed by atoms with Gasteiger partial charge in [0.1, 0.15) is 0 Å². The number of halogens is 2. The number of carbonyl (C=O) groups is 2. The summed E-state index contributed by atoms with van der Waals surface area (Å²) in [5.41, 5.74) is 0.921. The smallest absolute Gasteiger partial charge is 0.240 e. The molecule has 156 valence electrons. The molecule has 2 heterocycles. The number of amides is 2. The van der Waals surface area contributed by atoms with Gasteiger partial charge in [-0.2, -0.15) is 0 Å². The van der Waals surface area contributed by atoms with Crippen molar-refractivity contribution in [2.75, 3.05) is 38.0 Å². The molecule has 1 aliphatic heterocycles. The maximum absolute atomic E-state index is 13.4. The van der Waals surface area contributed by atoms with Crippen LogP contribution in [0.4, 0.5) is 13.9 Å². The van der Waals surface area contributed by atoms with E-state index in [0.717, 1.165) is 25.1 Å². The fourth-order valence-electron chi connectivity index (χ4n) is 3.20. The molecule has 1 N–H and O–H groups in total. The molecule has 0 bridgehead atoms. The average Bonchev–Trinajstić information content (AvgIpc) is 3.01. The molecule has 0 spiro atoms. The third kappa shape index (κ3) is 5.57. The normalized spacial score (nSPS) is 15.4. The van der Waals surface area contributed by atoms with Crippen molar-refractivity contribution in [3.05, 3.63) is 35.2 Å². The first kappa shape index (κ1) is 21.3. The van der Waals surface area contributed by atoms with Gasteiger partial charge in [0.05, 0.1) is 12.2 Å². The average molecular weight is 423 g/mol. The van der Waals surface area contributed by atoms with Gasteiger partial charge < -0.3 is 10.2 Å². The van der Waals surface area contributed by atoms with Gasteiger partial charge in [0.2, 0.25) is 11.8 Å². The number of hydrogen-bond acceptors (Lipinski definition) is 5. The number of nitrogens with one attached hydrogen (secondary N) is 1. The van der Waals surface area contributed by atoms with Crippen LogP contribution in [-0.4, -0.2) is 59.3 Å².